The first-order valence-corrected chi connectivity index (χ1v) is 8.25. The quantitative estimate of drug-likeness (QED) is 0.547. The molecule has 3 rings (SSSR count). The molecule has 0 aliphatic heterocycles. The summed E-state index contributed by atoms with van der Waals surface area (Å²) in [5, 5.41) is 10.5. The lowest BCUT2D eigenvalue weighted by molar-refractivity contribution is 0.742. The minimum absolute atomic E-state index is 0.519. The Morgan fingerprint density at radius 1 is 1.26 bits per heavy atom. The van der Waals surface area contributed by atoms with Gasteiger partial charge in [-0.25, -0.2) is 19.9 Å². The van der Waals surface area contributed by atoms with Gasteiger partial charge in [0.25, 0.3) is 0 Å². The van der Waals surface area contributed by atoms with E-state index in [4.69, 9.17) is 0 Å². The fraction of sp³-hybridized carbons (Fsp3) is 0.357. The molecule has 0 spiro atoms. The SMILES string of the molecule is CCCCCNc1nc(Br)[nH]c1-c1nc(-c2ccncn2)n[nH]1. The highest BCUT2D eigenvalue weighted by Crippen LogP contribution is 2.26. The molecule has 0 aliphatic carbocycles. The van der Waals surface area contributed by atoms with Gasteiger partial charge in [0, 0.05) is 12.7 Å². The van der Waals surface area contributed by atoms with Crippen LogP contribution >= 0.6 is 15.9 Å². The minimum atomic E-state index is 0.519. The number of imidazole rings is 1. The van der Waals surface area contributed by atoms with Crippen molar-refractivity contribution >= 4 is 21.7 Å². The Labute approximate surface area is 141 Å². The van der Waals surface area contributed by atoms with E-state index in [9.17, 15) is 0 Å². The number of aromatic amines is 2. The second-order valence-corrected chi connectivity index (χ2v) is 5.74. The lowest BCUT2D eigenvalue weighted by Crippen LogP contribution is -2.03. The summed E-state index contributed by atoms with van der Waals surface area (Å²) in [6, 6.07) is 1.76. The van der Waals surface area contributed by atoms with Crippen LogP contribution in [0, 0.1) is 0 Å². The maximum absolute atomic E-state index is 4.48. The van der Waals surface area contributed by atoms with Crippen molar-refractivity contribution in [1.82, 2.24) is 35.1 Å². The molecule has 3 aromatic heterocycles. The van der Waals surface area contributed by atoms with E-state index in [1.54, 1.807) is 12.3 Å². The van der Waals surface area contributed by atoms with Gasteiger partial charge in [-0.1, -0.05) is 19.8 Å². The molecule has 3 N–H and O–H groups in total. The van der Waals surface area contributed by atoms with Crippen LogP contribution in [0.15, 0.2) is 23.3 Å². The van der Waals surface area contributed by atoms with E-state index < -0.39 is 0 Å². The number of rotatable bonds is 7. The van der Waals surface area contributed by atoms with Gasteiger partial charge in [0.05, 0.1) is 0 Å². The molecule has 0 saturated carbocycles. The number of hydrogen-bond acceptors (Lipinski definition) is 6. The predicted molar refractivity (Wildman–Crippen MR) is 90.7 cm³/mol. The topological polar surface area (TPSA) is 108 Å². The van der Waals surface area contributed by atoms with Gasteiger partial charge in [-0.15, -0.1) is 0 Å². The highest BCUT2D eigenvalue weighted by molar-refractivity contribution is 9.10. The molecule has 0 aromatic carbocycles. The van der Waals surface area contributed by atoms with E-state index in [1.165, 1.54) is 19.2 Å². The number of anilines is 1. The summed E-state index contributed by atoms with van der Waals surface area (Å²) in [6.45, 7) is 3.05. The average Bonchev–Trinajstić information content (AvgIpc) is 3.19. The zero-order chi connectivity index (χ0) is 16.1. The molecule has 0 radical (unpaired) electrons. The third-order valence-corrected chi connectivity index (χ3v) is 3.66. The first kappa shape index (κ1) is 15.6. The van der Waals surface area contributed by atoms with Crippen molar-refractivity contribution in [1.29, 1.82) is 0 Å². The number of H-pyrrole nitrogens is 2. The van der Waals surface area contributed by atoms with Gasteiger partial charge < -0.3 is 10.3 Å². The molecule has 8 nitrogen and oxygen atoms in total. The van der Waals surface area contributed by atoms with Crippen molar-refractivity contribution in [2.75, 3.05) is 11.9 Å². The number of halogens is 1. The third kappa shape index (κ3) is 3.73. The molecule has 23 heavy (non-hydrogen) atoms. The summed E-state index contributed by atoms with van der Waals surface area (Å²) in [6.07, 6.45) is 6.60. The number of unbranched alkanes of at least 4 members (excludes halogenated alkanes) is 2. The Bertz CT molecular complexity index is 751. The second-order valence-electron chi connectivity index (χ2n) is 4.99. The van der Waals surface area contributed by atoms with Gasteiger partial charge in [0.1, 0.15) is 17.7 Å². The molecule has 3 heterocycles. The molecule has 9 heteroatoms. The van der Waals surface area contributed by atoms with Crippen molar-refractivity contribution in [2.45, 2.75) is 26.2 Å². The molecule has 0 fully saturated rings. The summed E-state index contributed by atoms with van der Waals surface area (Å²) in [5.41, 5.74) is 1.43. The summed E-state index contributed by atoms with van der Waals surface area (Å²) < 4.78 is 0.644. The maximum Gasteiger partial charge on any atom is 0.200 e. The van der Waals surface area contributed by atoms with Crippen molar-refractivity contribution in [2.24, 2.45) is 0 Å². The zero-order valence-corrected chi connectivity index (χ0v) is 14.3. The number of hydrogen-bond donors (Lipinski definition) is 3. The predicted octanol–water partition coefficient (Wildman–Crippen LogP) is 3.02. The van der Waals surface area contributed by atoms with Crippen LogP contribution in [0.3, 0.4) is 0 Å². The molecule has 0 atom stereocenters. The van der Waals surface area contributed by atoms with E-state index in [0.717, 1.165) is 24.5 Å². The molecular weight excluding hydrogens is 360 g/mol. The summed E-state index contributed by atoms with van der Waals surface area (Å²) in [7, 11) is 0. The average molecular weight is 377 g/mol. The first-order chi connectivity index (χ1) is 11.3. The Hall–Kier alpha value is -2.29. The molecule has 3 aromatic rings. The third-order valence-electron chi connectivity index (χ3n) is 3.28. The smallest absolute Gasteiger partial charge is 0.200 e. The lowest BCUT2D eigenvalue weighted by Gasteiger charge is -2.03. The number of nitrogens with zero attached hydrogens (tertiary/aromatic N) is 5. The van der Waals surface area contributed by atoms with E-state index in [1.807, 2.05) is 0 Å². The van der Waals surface area contributed by atoms with Crippen LogP contribution in [0.2, 0.25) is 0 Å². The van der Waals surface area contributed by atoms with Crippen molar-refractivity contribution in [3.05, 3.63) is 23.3 Å². The van der Waals surface area contributed by atoms with Gasteiger partial charge in [0.15, 0.2) is 22.2 Å². The lowest BCUT2D eigenvalue weighted by atomic mass is 10.2. The molecule has 0 bridgehead atoms. The zero-order valence-electron chi connectivity index (χ0n) is 12.7. The molecule has 120 valence electrons. The minimum Gasteiger partial charge on any atom is -0.368 e. The molecule has 0 unspecified atom stereocenters. The highest BCUT2D eigenvalue weighted by Gasteiger charge is 2.16. The van der Waals surface area contributed by atoms with Crippen LogP contribution in [0.1, 0.15) is 26.2 Å². The Balaban J connectivity index is 1.80. The van der Waals surface area contributed by atoms with Gasteiger partial charge in [0.2, 0.25) is 0 Å². The number of nitrogens with one attached hydrogen (secondary N) is 3. The van der Waals surface area contributed by atoms with Crippen LogP contribution in [-0.4, -0.2) is 41.7 Å². The normalized spacial score (nSPS) is 10.9. The van der Waals surface area contributed by atoms with E-state index in [0.29, 0.717) is 22.1 Å². The summed E-state index contributed by atoms with van der Waals surface area (Å²) in [4.78, 5) is 20.1. The first-order valence-electron chi connectivity index (χ1n) is 7.46. The fourth-order valence-electron chi connectivity index (χ4n) is 2.14. The van der Waals surface area contributed by atoms with Crippen molar-refractivity contribution < 1.29 is 0 Å². The van der Waals surface area contributed by atoms with E-state index in [2.05, 4.69) is 63.3 Å². The van der Waals surface area contributed by atoms with Gasteiger partial charge in [-0.2, -0.15) is 5.10 Å². The monoisotopic (exact) mass is 376 g/mol. The Morgan fingerprint density at radius 2 is 2.17 bits per heavy atom. The van der Waals surface area contributed by atoms with Crippen molar-refractivity contribution in [3.63, 3.8) is 0 Å². The highest BCUT2D eigenvalue weighted by atomic mass is 79.9. The van der Waals surface area contributed by atoms with Crippen LogP contribution in [0.4, 0.5) is 5.82 Å². The van der Waals surface area contributed by atoms with Gasteiger partial charge in [-0.05, 0) is 28.4 Å². The van der Waals surface area contributed by atoms with E-state index >= 15 is 0 Å². The van der Waals surface area contributed by atoms with Crippen LogP contribution in [0.5, 0.6) is 0 Å². The summed E-state index contributed by atoms with van der Waals surface area (Å²) >= 11 is 3.37. The maximum atomic E-state index is 4.48. The number of aromatic nitrogens is 7. The standard InChI is InChI=1S/C14H17BrN8/c1-2-3-4-6-17-12-10(19-14(15)21-12)13-20-11(22-23-13)9-5-7-16-8-18-9/h5,7-8,17H,2-4,6H2,1H3,(H,19,21)(H,20,22,23). The largest absolute Gasteiger partial charge is 0.368 e. The fourth-order valence-corrected chi connectivity index (χ4v) is 2.51. The Kier molecular flexibility index (Phi) is 4.96. The second kappa shape index (κ2) is 7.32. The van der Waals surface area contributed by atoms with Crippen LogP contribution in [-0.2, 0) is 0 Å². The van der Waals surface area contributed by atoms with Gasteiger partial charge >= 0.3 is 0 Å². The molecule has 0 aliphatic rings. The van der Waals surface area contributed by atoms with Gasteiger partial charge in [-0.3, -0.25) is 5.10 Å². The Morgan fingerprint density at radius 3 is 2.96 bits per heavy atom. The molecule has 0 amide bonds. The van der Waals surface area contributed by atoms with Crippen LogP contribution in [0.25, 0.3) is 23.0 Å². The van der Waals surface area contributed by atoms with E-state index in [-0.39, 0.29) is 0 Å². The van der Waals surface area contributed by atoms with Crippen LogP contribution < -0.4 is 5.32 Å². The summed E-state index contributed by atoms with van der Waals surface area (Å²) in [5.74, 6) is 1.87. The molecule has 0 saturated heterocycles. The molecular formula is C14H17BrN8. The van der Waals surface area contributed by atoms with Crippen molar-refractivity contribution in [3.8, 4) is 23.0 Å².